The number of nitrogens with one attached hydrogen (secondary N) is 2. The molecule has 3 heterocycles. The van der Waals surface area contributed by atoms with Gasteiger partial charge in [0, 0.05) is 30.4 Å². The van der Waals surface area contributed by atoms with Crippen molar-refractivity contribution >= 4 is 16.7 Å². The minimum atomic E-state index is 0.335. The van der Waals surface area contributed by atoms with E-state index in [-0.39, 0.29) is 0 Å². The van der Waals surface area contributed by atoms with Crippen LogP contribution in [0, 0.1) is 12.8 Å². The molecule has 1 saturated heterocycles. The van der Waals surface area contributed by atoms with E-state index in [4.69, 9.17) is 9.72 Å². The predicted molar refractivity (Wildman–Crippen MR) is 151 cm³/mol. The molecule has 4 aromatic rings. The van der Waals surface area contributed by atoms with E-state index in [2.05, 4.69) is 71.7 Å². The molecule has 2 aromatic carbocycles. The van der Waals surface area contributed by atoms with Gasteiger partial charge in [0.25, 0.3) is 0 Å². The molecule has 0 aliphatic carbocycles. The minimum Gasteiger partial charge on any atom is -0.437 e. The topological polar surface area (TPSA) is 72.0 Å². The molecule has 0 saturated carbocycles. The van der Waals surface area contributed by atoms with Gasteiger partial charge in [0.2, 0.25) is 11.8 Å². The molecule has 0 bridgehead atoms. The van der Waals surface area contributed by atoms with E-state index in [1.807, 2.05) is 18.2 Å². The monoisotopic (exact) mass is 495 g/mol. The van der Waals surface area contributed by atoms with Crippen LogP contribution in [0.3, 0.4) is 0 Å². The van der Waals surface area contributed by atoms with Crippen molar-refractivity contribution in [1.82, 2.24) is 20.3 Å². The zero-order chi connectivity index (χ0) is 25.6. The van der Waals surface area contributed by atoms with Crippen molar-refractivity contribution in [3.8, 4) is 22.9 Å². The van der Waals surface area contributed by atoms with E-state index in [1.54, 1.807) is 12.4 Å². The summed E-state index contributed by atoms with van der Waals surface area (Å²) in [6.45, 7) is 8.68. The van der Waals surface area contributed by atoms with Gasteiger partial charge in [-0.3, -0.25) is 0 Å². The van der Waals surface area contributed by atoms with Gasteiger partial charge in [0.1, 0.15) is 5.75 Å². The normalized spacial score (nSPS) is 16.5. The lowest BCUT2D eigenvalue weighted by molar-refractivity contribution is 0.466. The smallest absolute Gasteiger partial charge is 0.228 e. The Morgan fingerprint density at radius 3 is 2.81 bits per heavy atom. The summed E-state index contributed by atoms with van der Waals surface area (Å²) in [7, 11) is 0. The van der Waals surface area contributed by atoms with E-state index in [1.165, 1.54) is 23.8 Å². The van der Waals surface area contributed by atoms with E-state index < -0.39 is 0 Å². The van der Waals surface area contributed by atoms with E-state index in [9.17, 15) is 0 Å². The maximum Gasteiger partial charge on any atom is 0.228 e. The van der Waals surface area contributed by atoms with Gasteiger partial charge in [0.05, 0.1) is 11.3 Å². The van der Waals surface area contributed by atoms with Crippen LogP contribution in [0.1, 0.15) is 50.7 Å². The Balaban J connectivity index is 1.45. The summed E-state index contributed by atoms with van der Waals surface area (Å²) in [6, 6.07) is 17.1. The third-order valence-electron chi connectivity index (χ3n) is 7.43. The Bertz CT molecular complexity index is 1350. The summed E-state index contributed by atoms with van der Waals surface area (Å²) >= 11 is 0. The van der Waals surface area contributed by atoms with Crippen molar-refractivity contribution in [1.29, 1.82) is 0 Å². The van der Waals surface area contributed by atoms with Crippen molar-refractivity contribution in [2.45, 2.75) is 58.9 Å². The third-order valence-corrected chi connectivity index (χ3v) is 7.43. The first-order valence-electron chi connectivity index (χ1n) is 13.6. The number of nitrogens with zero attached hydrogens (tertiary/aromatic N) is 3. The van der Waals surface area contributed by atoms with E-state index in [0.29, 0.717) is 23.8 Å². The number of piperidine rings is 1. The quantitative estimate of drug-likeness (QED) is 0.262. The van der Waals surface area contributed by atoms with Gasteiger partial charge in [-0.15, -0.1) is 0 Å². The zero-order valence-corrected chi connectivity index (χ0v) is 22.1. The molecule has 0 unspecified atom stereocenters. The second kappa shape index (κ2) is 11.7. The molecular weight excluding hydrogens is 458 g/mol. The number of aromatic nitrogens is 3. The summed E-state index contributed by atoms with van der Waals surface area (Å²) in [4.78, 5) is 13.9. The lowest BCUT2D eigenvalue weighted by Gasteiger charge is -2.23. The van der Waals surface area contributed by atoms with Gasteiger partial charge < -0.3 is 15.4 Å². The summed E-state index contributed by atoms with van der Waals surface area (Å²) < 4.78 is 6.60. The molecule has 37 heavy (non-hydrogen) atoms. The first-order chi connectivity index (χ1) is 18.1. The van der Waals surface area contributed by atoms with Crippen molar-refractivity contribution < 1.29 is 4.74 Å². The number of aryl methyl sites for hydroxylation is 2. The highest BCUT2D eigenvalue weighted by atomic mass is 16.5. The molecule has 2 N–H and O–H groups in total. The molecule has 0 spiro atoms. The maximum atomic E-state index is 6.60. The van der Waals surface area contributed by atoms with Gasteiger partial charge in [-0.25, -0.2) is 15.0 Å². The standard InChI is InChI=1S/C31H37N5O/c1-4-21(2)12-14-23-8-5-10-26-25(23)15-13-22(3)29(26)37-30-27(11-7-18-33-30)28-16-19-34-31(36-28)35-24-9-6-17-32-20-24/h5,7-8,10-11,13,15-16,18-19,21,24,32H,4,6,9,12,14,17,20H2,1-3H3,(H,34,35,36)/t21-,24+/m1/s1. The molecule has 2 atom stereocenters. The first kappa shape index (κ1) is 25.2. The summed E-state index contributed by atoms with van der Waals surface area (Å²) in [5.74, 6) is 2.75. The summed E-state index contributed by atoms with van der Waals surface area (Å²) in [5.41, 5.74) is 4.08. The largest absolute Gasteiger partial charge is 0.437 e. The summed E-state index contributed by atoms with van der Waals surface area (Å²) in [6.07, 6.45) is 9.29. The van der Waals surface area contributed by atoms with Crippen molar-refractivity contribution in [3.63, 3.8) is 0 Å². The molecular formula is C31H37N5O. The third kappa shape index (κ3) is 5.91. The number of hydrogen-bond acceptors (Lipinski definition) is 6. The Kier molecular flexibility index (Phi) is 7.95. The second-order valence-corrected chi connectivity index (χ2v) is 10.2. The summed E-state index contributed by atoms with van der Waals surface area (Å²) in [5, 5.41) is 9.27. The van der Waals surface area contributed by atoms with Crippen LogP contribution in [-0.4, -0.2) is 34.1 Å². The van der Waals surface area contributed by atoms with Crippen LogP contribution in [-0.2, 0) is 6.42 Å². The predicted octanol–water partition coefficient (Wildman–Crippen LogP) is 6.94. The molecule has 1 aliphatic heterocycles. The van der Waals surface area contributed by atoms with Gasteiger partial charge >= 0.3 is 0 Å². The highest BCUT2D eigenvalue weighted by Crippen LogP contribution is 2.37. The minimum absolute atomic E-state index is 0.335. The Morgan fingerprint density at radius 2 is 1.97 bits per heavy atom. The SMILES string of the molecule is CC[C@@H](C)CCc1cccc2c(Oc3ncccc3-c3ccnc(N[C@H]4CCCNC4)n3)c(C)ccc12. The Labute approximate surface area is 219 Å². The average molecular weight is 496 g/mol. The fraction of sp³-hybridized carbons (Fsp3) is 0.387. The molecule has 2 aromatic heterocycles. The Morgan fingerprint density at radius 1 is 1.05 bits per heavy atom. The number of anilines is 1. The number of rotatable bonds is 9. The maximum absolute atomic E-state index is 6.60. The van der Waals surface area contributed by atoms with Gasteiger partial charge in [-0.05, 0) is 79.8 Å². The van der Waals surface area contributed by atoms with Gasteiger partial charge in [-0.1, -0.05) is 50.6 Å². The molecule has 5 rings (SSSR count). The fourth-order valence-electron chi connectivity index (χ4n) is 4.96. The van der Waals surface area contributed by atoms with Crippen LogP contribution < -0.4 is 15.4 Å². The highest BCUT2D eigenvalue weighted by Gasteiger charge is 2.17. The van der Waals surface area contributed by atoms with Gasteiger partial charge in [0.15, 0.2) is 0 Å². The van der Waals surface area contributed by atoms with Crippen LogP contribution in [0.5, 0.6) is 11.6 Å². The molecule has 6 nitrogen and oxygen atoms in total. The first-order valence-corrected chi connectivity index (χ1v) is 13.6. The molecule has 0 radical (unpaired) electrons. The van der Waals surface area contributed by atoms with Crippen molar-refractivity contribution in [2.24, 2.45) is 5.92 Å². The van der Waals surface area contributed by atoms with Crippen LogP contribution in [0.15, 0.2) is 60.9 Å². The lowest BCUT2D eigenvalue weighted by atomic mass is 9.94. The van der Waals surface area contributed by atoms with Crippen LogP contribution >= 0.6 is 0 Å². The Hall–Kier alpha value is -3.51. The molecule has 6 heteroatoms. The van der Waals surface area contributed by atoms with Crippen LogP contribution in [0.25, 0.3) is 22.0 Å². The molecule has 1 fully saturated rings. The average Bonchev–Trinajstić information content (AvgIpc) is 2.94. The van der Waals surface area contributed by atoms with Crippen molar-refractivity contribution in [2.75, 3.05) is 18.4 Å². The molecule has 0 amide bonds. The molecule has 192 valence electrons. The van der Waals surface area contributed by atoms with E-state index >= 15 is 0 Å². The van der Waals surface area contributed by atoms with E-state index in [0.717, 1.165) is 60.3 Å². The van der Waals surface area contributed by atoms with Crippen LogP contribution in [0.4, 0.5) is 5.95 Å². The second-order valence-electron chi connectivity index (χ2n) is 10.2. The lowest BCUT2D eigenvalue weighted by Crippen LogP contribution is -2.38. The highest BCUT2D eigenvalue weighted by molar-refractivity contribution is 5.92. The molecule has 1 aliphatic rings. The zero-order valence-electron chi connectivity index (χ0n) is 22.1. The van der Waals surface area contributed by atoms with Gasteiger partial charge in [-0.2, -0.15) is 0 Å². The number of benzene rings is 2. The number of pyridine rings is 1. The number of fused-ring (bicyclic) bond motifs is 1. The fourth-order valence-corrected chi connectivity index (χ4v) is 4.96. The van der Waals surface area contributed by atoms with Crippen LogP contribution in [0.2, 0.25) is 0 Å². The number of hydrogen-bond donors (Lipinski definition) is 2. The van der Waals surface area contributed by atoms with Crippen molar-refractivity contribution in [3.05, 3.63) is 72.1 Å². The number of ether oxygens (including phenoxy) is 1.